The molecule has 0 spiro atoms. The maximum atomic E-state index is 13.0. The SMILES string of the molecule is COc1ccc(OC)c(NC(=O)c2ccc(N3C(=O)[C@@H]4C[C@@H](Br)[C@@H](Br)C[C@H]4C3=O)cc2)c1. The summed E-state index contributed by atoms with van der Waals surface area (Å²) >= 11 is 7.19. The van der Waals surface area contributed by atoms with Crippen molar-refractivity contribution in [2.45, 2.75) is 22.5 Å². The Kier molecular flexibility index (Phi) is 6.57. The Morgan fingerprint density at radius 1 is 0.938 bits per heavy atom. The molecule has 0 bridgehead atoms. The van der Waals surface area contributed by atoms with Gasteiger partial charge in [0.05, 0.1) is 37.4 Å². The standard InChI is InChI=1S/C23H22Br2N2O5/c1-31-14-7-8-20(32-2)19(9-14)26-21(28)12-3-5-13(6-4-12)27-22(29)15-10-17(24)18(25)11-16(15)23(27)30/h3-9,15-18H,10-11H2,1-2H3,(H,26,28)/t15-,16-,17-,18+/m1/s1. The van der Waals surface area contributed by atoms with Crippen molar-refractivity contribution in [2.24, 2.45) is 11.8 Å². The van der Waals surface area contributed by atoms with E-state index in [9.17, 15) is 14.4 Å². The van der Waals surface area contributed by atoms with Crippen molar-refractivity contribution in [3.8, 4) is 11.5 Å². The van der Waals surface area contributed by atoms with Crippen molar-refractivity contribution < 1.29 is 23.9 Å². The first kappa shape index (κ1) is 22.8. The number of imide groups is 1. The number of amides is 3. The molecule has 9 heteroatoms. The van der Waals surface area contributed by atoms with Gasteiger partial charge in [-0.05, 0) is 49.2 Å². The van der Waals surface area contributed by atoms with Crippen LogP contribution in [-0.4, -0.2) is 41.6 Å². The Balaban J connectivity index is 1.52. The molecule has 3 amide bonds. The van der Waals surface area contributed by atoms with E-state index in [4.69, 9.17) is 9.47 Å². The zero-order valence-electron chi connectivity index (χ0n) is 17.5. The lowest BCUT2D eigenvalue weighted by atomic mass is 9.81. The minimum atomic E-state index is -0.347. The zero-order valence-corrected chi connectivity index (χ0v) is 20.7. The monoisotopic (exact) mass is 564 g/mol. The van der Waals surface area contributed by atoms with Gasteiger partial charge >= 0.3 is 0 Å². The van der Waals surface area contributed by atoms with Crippen LogP contribution in [0.4, 0.5) is 11.4 Å². The Morgan fingerprint density at radius 3 is 2.06 bits per heavy atom. The highest BCUT2D eigenvalue weighted by Gasteiger charge is 2.52. The summed E-state index contributed by atoms with van der Waals surface area (Å²) in [6.45, 7) is 0. The topological polar surface area (TPSA) is 84.9 Å². The lowest BCUT2D eigenvalue weighted by Gasteiger charge is -2.29. The summed E-state index contributed by atoms with van der Waals surface area (Å²) in [6.07, 6.45) is 1.23. The lowest BCUT2D eigenvalue weighted by molar-refractivity contribution is -0.122. The van der Waals surface area contributed by atoms with E-state index in [1.54, 1.807) is 49.6 Å². The van der Waals surface area contributed by atoms with Gasteiger partial charge in [-0.25, -0.2) is 0 Å². The summed E-state index contributed by atoms with van der Waals surface area (Å²) in [7, 11) is 3.06. The molecule has 0 radical (unpaired) electrons. The van der Waals surface area contributed by atoms with Gasteiger partial charge in [0, 0.05) is 21.3 Å². The number of benzene rings is 2. The molecule has 7 nitrogen and oxygen atoms in total. The van der Waals surface area contributed by atoms with Crippen molar-refractivity contribution >= 4 is 61.0 Å². The number of carbonyl (C=O) groups excluding carboxylic acids is 3. The Morgan fingerprint density at radius 2 is 1.53 bits per heavy atom. The molecule has 168 valence electrons. The number of hydrogen-bond acceptors (Lipinski definition) is 5. The first-order valence-corrected chi connectivity index (χ1v) is 12.0. The van der Waals surface area contributed by atoms with Gasteiger partial charge in [-0.3, -0.25) is 19.3 Å². The third-order valence-corrected chi connectivity index (χ3v) is 8.69. The van der Waals surface area contributed by atoms with E-state index in [0.29, 0.717) is 41.3 Å². The molecule has 1 aliphatic heterocycles. The fraction of sp³-hybridized carbons (Fsp3) is 0.348. The fourth-order valence-corrected chi connectivity index (χ4v) is 5.45. The Bertz CT molecular complexity index is 1030. The summed E-state index contributed by atoms with van der Waals surface area (Å²) in [6, 6.07) is 11.6. The van der Waals surface area contributed by atoms with Gasteiger partial charge in [0.15, 0.2) is 0 Å². The van der Waals surface area contributed by atoms with Crippen LogP contribution >= 0.6 is 31.9 Å². The number of rotatable bonds is 5. The average Bonchev–Trinajstić information content (AvgIpc) is 3.03. The van der Waals surface area contributed by atoms with Crippen LogP contribution in [0, 0.1) is 11.8 Å². The maximum absolute atomic E-state index is 13.0. The molecular formula is C23H22Br2N2O5. The summed E-state index contributed by atoms with van der Waals surface area (Å²) < 4.78 is 10.5. The van der Waals surface area contributed by atoms with Crippen molar-refractivity contribution in [1.29, 1.82) is 0 Å². The van der Waals surface area contributed by atoms with E-state index in [1.165, 1.54) is 12.0 Å². The van der Waals surface area contributed by atoms with E-state index < -0.39 is 0 Å². The molecule has 2 aliphatic rings. The highest BCUT2D eigenvalue weighted by atomic mass is 79.9. The van der Waals surface area contributed by atoms with Crippen molar-refractivity contribution in [3.63, 3.8) is 0 Å². The molecule has 1 N–H and O–H groups in total. The molecule has 2 aromatic carbocycles. The molecule has 4 rings (SSSR count). The minimum Gasteiger partial charge on any atom is -0.497 e. The van der Waals surface area contributed by atoms with Crippen LogP contribution in [-0.2, 0) is 9.59 Å². The van der Waals surface area contributed by atoms with Gasteiger partial charge in [-0.15, -0.1) is 0 Å². The van der Waals surface area contributed by atoms with Crippen molar-refractivity contribution in [2.75, 3.05) is 24.4 Å². The molecule has 4 atom stereocenters. The molecule has 1 aliphatic carbocycles. The second-order valence-corrected chi connectivity index (χ2v) is 10.1. The molecule has 0 aromatic heterocycles. The van der Waals surface area contributed by atoms with Gasteiger partial charge in [0.1, 0.15) is 11.5 Å². The van der Waals surface area contributed by atoms with E-state index in [0.717, 1.165) is 0 Å². The molecule has 2 aromatic rings. The van der Waals surface area contributed by atoms with Gasteiger partial charge in [-0.1, -0.05) is 31.9 Å². The average molecular weight is 566 g/mol. The van der Waals surface area contributed by atoms with E-state index >= 15 is 0 Å². The predicted octanol–water partition coefficient (Wildman–Crippen LogP) is 4.38. The normalized spacial score (nSPS) is 24.8. The number of carbonyl (C=O) groups is 3. The number of anilines is 2. The Hall–Kier alpha value is -2.39. The van der Waals surface area contributed by atoms with Crippen LogP contribution in [0.3, 0.4) is 0 Å². The van der Waals surface area contributed by atoms with Crippen LogP contribution in [0.25, 0.3) is 0 Å². The second kappa shape index (κ2) is 9.23. The first-order chi connectivity index (χ1) is 15.3. The summed E-state index contributed by atoms with van der Waals surface area (Å²) in [5.74, 6) is -0.250. The van der Waals surface area contributed by atoms with Crippen LogP contribution in [0.2, 0.25) is 0 Å². The molecule has 1 heterocycles. The van der Waals surface area contributed by atoms with E-state index in [2.05, 4.69) is 37.2 Å². The number of nitrogens with zero attached hydrogens (tertiary/aromatic N) is 1. The molecule has 2 fully saturated rings. The molecule has 1 saturated carbocycles. The van der Waals surface area contributed by atoms with E-state index in [1.807, 2.05) is 0 Å². The van der Waals surface area contributed by atoms with Crippen LogP contribution in [0.1, 0.15) is 23.2 Å². The molecule has 1 saturated heterocycles. The summed E-state index contributed by atoms with van der Waals surface area (Å²) in [5, 5.41) is 2.81. The highest BCUT2D eigenvalue weighted by molar-refractivity contribution is 9.12. The third-order valence-electron chi connectivity index (χ3n) is 5.95. The lowest BCUT2D eigenvalue weighted by Crippen LogP contribution is -2.34. The largest absolute Gasteiger partial charge is 0.497 e. The van der Waals surface area contributed by atoms with Crippen LogP contribution < -0.4 is 19.7 Å². The van der Waals surface area contributed by atoms with E-state index in [-0.39, 0.29) is 39.2 Å². The van der Waals surface area contributed by atoms with Crippen LogP contribution in [0.15, 0.2) is 42.5 Å². The molecule has 0 unspecified atom stereocenters. The van der Waals surface area contributed by atoms with Gasteiger partial charge in [0.25, 0.3) is 5.91 Å². The number of nitrogens with one attached hydrogen (secondary N) is 1. The highest BCUT2D eigenvalue weighted by Crippen LogP contribution is 2.44. The predicted molar refractivity (Wildman–Crippen MR) is 128 cm³/mol. The summed E-state index contributed by atoms with van der Waals surface area (Å²) in [4.78, 5) is 40.2. The van der Waals surface area contributed by atoms with Crippen LogP contribution in [0.5, 0.6) is 11.5 Å². The minimum absolute atomic E-state index is 0.153. The number of methoxy groups -OCH3 is 2. The zero-order chi connectivity index (χ0) is 23.0. The second-order valence-electron chi connectivity index (χ2n) is 7.80. The Labute approximate surface area is 202 Å². The van der Waals surface area contributed by atoms with Crippen molar-refractivity contribution in [1.82, 2.24) is 0 Å². The summed E-state index contributed by atoms with van der Waals surface area (Å²) in [5.41, 5.74) is 1.34. The maximum Gasteiger partial charge on any atom is 0.255 e. The van der Waals surface area contributed by atoms with Gasteiger partial charge < -0.3 is 14.8 Å². The fourth-order valence-electron chi connectivity index (χ4n) is 4.22. The molecular weight excluding hydrogens is 544 g/mol. The number of halogens is 2. The molecule has 32 heavy (non-hydrogen) atoms. The quantitative estimate of drug-likeness (QED) is 0.429. The number of alkyl halides is 2. The number of hydrogen-bond donors (Lipinski definition) is 1. The smallest absolute Gasteiger partial charge is 0.255 e. The van der Waals surface area contributed by atoms with Gasteiger partial charge in [-0.2, -0.15) is 0 Å². The number of fused-ring (bicyclic) bond motifs is 1. The first-order valence-electron chi connectivity index (χ1n) is 10.1. The number of ether oxygens (including phenoxy) is 2. The van der Waals surface area contributed by atoms with Gasteiger partial charge in [0.2, 0.25) is 11.8 Å². The third kappa shape index (κ3) is 4.15. The van der Waals surface area contributed by atoms with Crippen molar-refractivity contribution in [3.05, 3.63) is 48.0 Å².